The Morgan fingerprint density at radius 2 is 1.25 bits per heavy atom. The first-order valence-corrected chi connectivity index (χ1v) is 5.45. The molecule has 0 aromatic heterocycles. The first kappa shape index (κ1) is 12.3. The van der Waals surface area contributed by atoms with E-state index in [1.54, 1.807) is 0 Å². The molecule has 0 radical (unpaired) electrons. The molecule has 0 N–H and O–H groups in total. The summed E-state index contributed by atoms with van der Waals surface area (Å²) in [7, 11) is 7.41. The smallest absolute Gasteiger partial charge is 0.243 e. The van der Waals surface area contributed by atoms with Crippen LogP contribution in [0.1, 0.15) is 0 Å². The Morgan fingerprint density at radius 1 is 1.00 bits per heavy atom. The summed E-state index contributed by atoms with van der Waals surface area (Å²) in [6, 6.07) is 0. The van der Waals surface area contributed by atoms with Crippen molar-refractivity contribution in [2.75, 3.05) is 28.2 Å². The number of hydrogen-bond acceptors (Lipinski definition) is 2. The summed E-state index contributed by atoms with van der Waals surface area (Å²) in [6.07, 6.45) is 0. The Kier molecular flexibility index (Phi) is 3.72. The third-order valence-electron chi connectivity index (χ3n) is 1.26. The van der Waals surface area contributed by atoms with Gasteiger partial charge >= 0.3 is 5.51 Å². The average molecular weight is 225 g/mol. The second-order valence-electron chi connectivity index (χ2n) is 2.55. The maximum absolute atomic E-state index is 12.4. The predicted molar refractivity (Wildman–Crippen MR) is 46.9 cm³/mol. The van der Waals surface area contributed by atoms with Gasteiger partial charge in [0.15, 0.2) is 0 Å². The Hall–Kier alpha value is 0.350. The minimum absolute atomic E-state index is 0.995. The molecule has 0 rings (SSSR count). The van der Waals surface area contributed by atoms with Crippen molar-refractivity contribution in [3.63, 3.8) is 0 Å². The van der Waals surface area contributed by atoms with Gasteiger partial charge in [-0.1, -0.05) is 0 Å². The van der Waals surface area contributed by atoms with E-state index in [2.05, 4.69) is 0 Å². The normalized spacial score (nSPS) is 15.8. The second-order valence-corrected chi connectivity index (χ2v) is 6.72. The molecule has 0 amide bonds. The van der Waals surface area contributed by atoms with E-state index in [-0.39, 0.29) is 0 Å². The largest absolute Gasteiger partial charge is 0.463 e. The molecule has 0 saturated carbocycles. The summed E-state index contributed by atoms with van der Waals surface area (Å²) in [5, 5.41) is 0. The van der Waals surface area contributed by atoms with Crippen LogP contribution in [0.4, 0.5) is 13.2 Å². The molecule has 7 heteroatoms. The zero-order valence-electron chi connectivity index (χ0n) is 7.31. The fourth-order valence-electron chi connectivity index (χ4n) is 0.741. The van der Waals surface area contributed by atoms with Gasteiger partial charge < -0.3 is 0 Å². The molecule has 2 nitrogen and oxygen atoms in total. The second kappa shape index (κ2) is 3.61. The van der Waals surface area contributed by atoms with Crippen LogP contribution in [0.25, 0.3) is 0 Å². The highest BCUT2D eigenvalue weighted by Crippen LogP contribution is 2.68. The Morgan fingerprint density at radius 3 is 1.25 bits per heavy atom. The van der Waals surface area contributed by atoms with Gasteiger partial charge in [-0.3, -0.25) is 0 Å². The van der Waals surface area contributed by atoms with Gasteiger partial charge in [-0.25, -0.2) is 8.61 Å². The fraction of sp³-hybridized carbons (Fsp3) is 1.00. The van der Waals surface area contributed by atoms with Crippen molar-refractivity contribution < 1.29 is 13.2 Å². The maximum Gasteiger partial charge on any atom is 0.463 e. The molecule has 0 atom stereocenters. The SMILES string of the molecule is CN(C)S(Cl)(N(C)C)C(F)(F)F. The van der Waals surface area contributed by atoms with Crippen LogP contribution in [0.5, 0.6) is 0 Å². The van der Waals surface area contributed by atoms with E-state index in [9.17, 15) is 13.2 Å². The van der Waals surface area contributed by atoms with Crippen molar-refractivity contribution in [3.8, 4) is 0 Å². The van der Waals surface area contributed by atoms with Crippen LogP contribution in [-0.4, -0.2) is 42.3 Å². The summed E-state index contributed by atoms with van der Waals surface area (Å²) in [5.74, 6) is 0. The lowest BCUT2D eigenvalue weighted by Gasteiger charge is -2.44. The van der Waals surface area contributed by atoms with Gasteiger partial charge in [0.1, 0.15) is 0 Å². The Bertz CT molecular complexity index is 151. The lowest BCUT2D eigenvalue weighted by Crippen LogP contribution is -2.37. The summed E-state index contributed by atoms with van der Waals surface area (Å²) in [5.41, 5.74) is -4.40. The number of hydrogen-bond donors (Lipinski definition) is 0. The molecule has 0 aliphatic carbocycles. The van der Waals surface area contributed by atoms with Gasteiger partial charge in [0.25, 0.3) is 0 Å². The minimum atomic E-state index is -4.40. The third kappa shape index (κ3) is 1.99. The van der Waals surface area contributed by atoms with Gasteiger partial charge in [-0.15, -0.1) is 0 Å². The minimum Gasteiger partial charge on any atom is -0.243 e. The van der Waals surface area contributed by atoms with Gasteiger partial charge in [0.2, 0.25) is 0 Å². The van der Waals surface area contributed by atoms with E-state index in [0.29, 0.717) is 0 Å². The van der Waals surface area contributed by atoms with Crippen molar-refractivity contribution in [1.82, 2.24) is 8.61 Å². The standard InChI is InChI=1S/C5H12ClF3N2S/c1-10(2)12(6,11(3)4)5(7,8)9/h1-4H3. The first-order chi connectivity index (χ1) is 5.14. The number of nitrogens with zero attached hydrogens (tertiary/aromatic N) is 2. The lowest BCUT2D eigenvalue weighted by atomic mass is 11.3. The molecule has 0 aliphatic heterocycles. The molecular formula is C5H12ClF3N2S. The highest BCUT2D eigenvalue weighted by Gasteiger charge is 2.53. The first-order valence-electron chi connectivity index (χ1n) is 3.08. The van der Waals surface area contributed by atoms with E-state index < -0.39 is 15.1 Å². The Labute approximate surface area is 76.4 Å². The van der Waals surface area contributed by atoms with Gasteiger partial charge in [0.05, 0.1) is 0 Å². The monoisotopic (exact) mass is 224 g/mol. The van der Waals surface area contributed by atoms with Gasteiger partial charge in [0, 0.05) is 9.61 Å². The fourth-order valence-corrected chi connectivity index (χ4v) is 2.22. The average Bonchev–Trinajstić information content (AvgIpc) is 1.82. The lowest BCUT2D eigenvalue weighted by molar-refractivity contribution is -0.0434. The molecule has 76 valence electrons. The van der Waals surface area contributed by atoms with Crippen molar-refractivity contribution in [1.29, 1.82) is 0 Å². The number of rotatable bonds is 2. The van der Waals surface area contributed by atoms with Crippen molar-refractivity contribution in [2.24, 2.45) is 0 Å². The predicted octanol–water partition coefficient (Wildman–Crippen LogP) is 2.42. The molecule has 0 aromatic rings. The molecule has 0 heterocycles. The number of alkyl halides is 3. The topological polar surface area (TPSA) is 6.48 Å². The molecular weight excluding hydrogens is 213 g/mol. The molecule has 0 saturated heterocycles. The third-order valence-corrected chi connectivity index (χ3v) is 5.97. The van der Waals surface area contributed by atoms with E-state index in [1.807, 2.05) is 0 Å². The van der Waals surface area contributed by atoms with Crippen LogP contribution in [0.15, 0.2) is 0 Å². The van der Waals surface area contributed by atoms with E-state index >= 15 is 0 Å². The van der Waals surface area contributed by atoms with E-state index in [1.165, 1.54) is 28.2 Å². The summed E-state index contributed by atoms with van der Waals surface area (Å²) < 4.78 is 39.3. The van der Waals surface area contributed by atoms with E-state index in [4.69, 9.17) is 10.7 Å². The highest BCUT2D eigenvalue weighted by atomic mass is 35.7. The van der Waals surface area contributed by atoms with Crippen molar-refractivity contribution >= 4 is 20.3 Å². The molecule has 0 aliphatic rings. The zero-order valence-corrected chi connectivity index (χ0v) is 8.89. The highest BCUT2D eigenvalue weighted by molar-refractivity contribution is 8.48. The molecule has 0 aromatic carbocycles. The van der Waals surface area contributed by atoms with Crippen molar-refractivity contribution in [3.05, 3.63) is 0 Å². The van der Waals surface area contributed by atoms with Crippen LogP contribution in [0.2, 0.25) is 0 Å². The molecule has 0 spiro atoms. The Balaban J connectivity index is 4.89. The van der Waals surface area contributed by atoms with Gasteiger partial charge in [-0.2, -0.15) is 13.2 Å². The van der Waals surface area contributed by atoms with Crippen LogP contribution < -0.4 is 0 Å². The summed E-state index contributed by atoms with van der Waals surface area (Å²) in [6.45, 7) is 0. The molecule has 0 bridgehead atoms. The van der Waals surface area contributed by atoms with Gasteiger partial charge in [-0.05, 0) is 38.9 Å². The van der Waals surface area contributed by atoms with Crippen LogP contribution in [0, 0.1) is 0 Å². The number of halogens is 4. The van der Waals surface area contributed by atoms with Crippen LogP contribution in [0.3, 0.4) is 0 Å². The quantitative estimate of drug-likeness (QED) is 0.711. The van der Waals surface area contributed by atoms with Crippen LogP contribution >= 0.6 is 20.3 Å². The molecule has 0 unspecified atom stereocenters. The van der Waals surface area contributed by atoms with E-state index in [0.717, 1.165) is 8.61 Å². The van der Waals surface area contributed by atoms with Crippen LogP contribution in [-0.2, 0) is 0 Å². The zero-order chi connectivity index (χ0) is 10.2. The summed E-state index contributed by atoms with van der Waals surface area (Å²) >= 11 is 0. The molecule has 12 heavy (non-hydrogen) atoms. The maximum atomic E-state index is 12.4. The van der Waals surface area contributed by atoms with Crippen molar-refractivity contribution in [2.45, 2.75) is 5.51 Å². The summed E-state index contributed by atoms with van der Waals surface area (Å²) in [4.78, 5) is 0. The molecule has 0 fully saturated rings.